The van der Waals surface area contributed by atoms with Crippen molar-refractivity contribution in [2.45, 2.75) is 32.0 Å². The standard InChI is InChI=1S/C21H21F3N4/c22-21(23,24)17-10-4-2-8-15(17)14-25-19-16-9-3-5-11-18(16)26-20(27-19)28-12-6-1-7-13-28/h2-5,8-11H,1,6-7,12-14H2,(H,25,26,27). The molecule has 146 valence electrons. The van der Waals surface area contributed by atoms with Gasteiger partial charge in [0.1, 0.15) is 5.82 Å². The van der Waals surface area contributed by atoms with Gasteiger partial charge in [0.2, 0.25) is 5.95 Å². The Morgan fingerprint density at radius 2 is 1.61 bits per heavy atom. The molecule has 0 saturated carbocycles. The summed E-state index contributed by atoms with van der Waals surface area (Å²) in [4.78, 5) is 11.5. The van der Waals surface area contributed by atoms with Crippen molar-refractivity contribution in [3.05, 3.63) is 59.7 Å². The first-order valence-corrected chi connectivity index (χ1v) is 9.43. The lowest BCUT2D eigenvalue weighted by Gasteiger charge is -2.27. The monoisotopic (exact) mass is 386 g/mol. The van der Waals surface area contributed by atoms with Crippen molar-refractivity contribution in [1.29, 1.82) is 0 Å². The van der Waals surface area contributed by atoms with Crippen LogP contribution in [0.1, 0.15) is 30.4 Å². The predicted molar refractivity (Wildman–Crippen MR) is 104 cm³/mol. The maximum Gasteiger partial charge on any atom is 0.416 e. The van der Waals surface area contributed by atoms with Crippen molar-refractivity contribution in [1.82, 2.24) is 9.97 Å². The summed E-state index contributed by atoms with van der Waals surface area (Å²) in [6, 6.07) is 13.2. The highest BCUT2D eigenvalue weighted by Crippen LogP contribution is 2.32. The molecule has 2 aromatic carbocycles. The lowest BCUT2D eigenvalue weighted by Crippen LogP contribution is -2.31. The summed E-state index contributed by atoms with van der Waals surface area (Å²) in [6.07, 6.45) is -0.996. The van der Waals surface area contributed by atoms with Gasteiger partial charge in [0, 0.05) is 25.0 Å². The summed E-state index contributed by atoms with van der Waals surface area (Å²) in [7, 11) is 0. The fraction of sp³-hybridized carbons (Fsp3) is 0.333. The molecule has 1 N–H and O–H groups in total. The van der Waals surface area contributed by atoms with E-state index < -0.39 is 11.7 Å². The summed E-state index contributed by atoms with van der Waals surface area (Å²) in [6.45, 7) is 1.83. The quantitative estimate of drug-likeness (QED) is 0.665. The van der Waals surface area contributed by atoms with Crippen molar-refractivity contribution < 1.29 is 13.2 Å². The molecule has 1 aliphatic rings. The molecule has 0 amide bonds. The van der Waals surface area contributed by atoms with E-state index in [0.717, 1.165) is 42.9 Å². The Labute approximate surface area is 161 Å². The van der Waals surface area contributed by atoms with E-state index in [9.17, 15) is 13.2 Å². The van der Waals surface area contributed by atoms with Gasteiger partial charge in [0.15, 0.2) is 0 Å². The van der Waals surface area contributed by atoms with Gasteiger partial charge in [-0.15, -0.1) is 0 Å². The van der Waals surface area contributed by atoms with Gasteiger partial charge in [-0.3, -0.25) is 0 Å². The second-order valence-corrected chi connectivity index (χ2v) is 6.95. The fourth-order valence-corrected chi connectivity index (χ4v) is 3.56. The summed E-state index contributed by atoms with van der Waals surface area (Å²) in [5, 5.41) is 3.92. The Morgan fingerprint density at radius 3 is 2.39 bits per heavy atom. The third-order valence-electron chi connectivity index (χ3n) is 5.00. The number of benzene rings is 2. The first-order valence-electron chi connectivity index (χ1n) is 9.43. The SMILES string of the molecule is FC(F)(F)c1ccccc1CNc1nc(N2CCCCC2)nc2ccccc12. The van der Waals surface area contributed by atoms with E-state index >= 15 is 0 Å². The van der Waals surface area contributed by atoms with E-state index in [1.54, 1.807) is 6.07 Å². The van der Waals surface area contributed by atoms with Crippen LogP contribution in [0.3, 0.4) is 0 Å². The molecule has 2 heterocycles. The van der Waals surface area contributed by atoms with Crippen LogP contribution in [0.4, 0.5) is 24.9 Å². The van der Waals surface area contributed by atoms with Crippen molar-refractivity contribution in [3.63, 3.8) is 0 Å². The molecule has 3 aromatic rings. The number of aromatic nitrogens is 2. The molecule has 1 aliphatic heterocycles. The average Bonchev–Trinajstić information content (AvgIpc) is 2.72. The van der Waals surface area contributed by atoms with E-state index in [-0.39, 0.29) is 12.1 Å². The molecule has 0 radical (unpaired) electrons. The number of halogens is 3. The summed E-state index contributed by atoms with van der Waals surface area (Å²) in [5.41, 5.74) is 0.346. The number of hydrogen-bond donors (Lipinski definition) is 1. The van der Waals surface area contributed by atoms with Crippen LogP contribution in [0.25, 0.3) is 10.9 Å². The van der Waals surface area contributed by atoms with E-state index in [4.69, 9.17) is 0 Å². The van der Waals surface area contributed by atoms with Gasteiger partial charge in [-0.25, -0.2) is 4.98 Å². The van der Waals surface area contributed by atoms with Gasteiger partial charge in [-0.05, 0) is 43.0 Å². The molecule has 1 aromatic heterocycles. The molecule has 0 aliphatic carbocycles. The van der Waals surface area contributed by atoms with E-state index in [1.165, 1.54) is 18.6 Å². The number of hydrogen-bond acceptors (Lipinski definition) is 4. The number of nitrogens with one attached hydrogen (secondary N) is 1. The van der Waals surface area contributed by atoms with Crippen LogP contribution in [0, 0.1) is 0 Å². The number of anilines is 2. The predicted octanol–water partition coefficient (Wildman–Crippen LogP) is 5.25. The third-order valence-corrected chi connectivity index (χ3v) is 5.00. The molecule has 0 atom stereocenters. The maximum atomic E-state index is 13.3. The number of fused-ring (bicyclic) bond motifs is 1. The van der Waals surface area contributed by atoms with Gasteiger partial charge in [0.25, 0.3) is 0 Å². The average molecular weight is 386 g/mol. The first kappa shape index (κ1) is 18.5. The number of nitrogens with zero attached hydrogens (tertiary/aromatic N) is 3. The number of alkyl halides is 3. The van der Waals surface area contributed by atoms with Crippen LogP contribution in [-0.4, -0.2) is 23.1 Å². The Morgan fingerprint density at radius 1 is 0.893 bits per heavy atom. The molecular formula is C21H21F3N4. The van der Waals surface area contributed by atoms with Crippen LogP contribution in [0.5, 0.6) is 0 Å². The zero-order valence-electron chi connectivity index (χ0n) is 15.3. The second kappa shape index (κ2) is 7.66. The molecule has 1 fully saturated rings. The van der Waals surface area contributed by atoms with Crippen molar-refractivity contribution in [2.75, 3.05) is 23.3 Å². The van der Waals surface area contributed by atoms with Crippen LogP contribution in [-0.2, 0) is 12.7 Å². The van der Waals surface area contributed by atoms with Crippen LogP contribution in [0.2, 0.25) is 0 Å². The summed E-state index contributed by atoms with van der Waals surface area (Å²) in [5.74, 6) is 1.19. The number of piperidine rings is 1. The van der Waals surface area contributed by atoms with E-state index in [1.807, 2.05) is 24.3 Å². The Kier molecular flexibility index (Phi) is 5.07. The first-order chi connectivity index (χ1) is 13.5. The van der Waals surface area contributed by atoms with Gasteiger partial charge in [-0.2, -0.15) is 18.2 Å². The molecular weight excluding hydrogens is 365 g/mol. The lowest BCUT2D eigenvalue weighted by atomic mass is 10.1. The Bertz CT molecular complexity index is 965. The smallest absolute Gasteiger partial charge is 0.365 e. The minimum absolute atomic E-state index is 0.0378. The number of para-hydroxylation sites is 1. The largest absolute Gasteiger partial charge is 0.416 e. The van der Waals surface area contributed by atoms with E-state index in [2.05, 4.69) is 20.2 Å². The molecule has 4 rings (SSSR count). The van der Waals surface area contributed by atoms with Gasteiger partial charge < -0.3 is 10.2 Å². The van der Waals surface area contributed by atoms with Crippen molar-refractivity contribution in [2.24, 2.45) is 0 Å². The normalized spacial score (nSPS) is 15.0. The molecule has 28 heavy (non-hydrogen) atoms. The Balaban J connectivity index is 1.67. The van der Waals surface area contributed by atoms with Gasteiger partial charge >= 0.3 is 6.18 Å². The second-order valence-electron chi connectivity index (χ2n) is 6.95. The minimum atomic E-state index is -4.38. The van der Waals surface area contributed by atoms with Crippen molar-refractivity contribution in [3.8, 4) is 0 Å². The molecule has 0 spiro atoms. The zero-order valence-corrected chi connectivity index (χ0v) is 15.3. The minimum Gasteiger partial charge on any atom is -0.365 e. The Hall–Kier alpha value is -2.83. The van der Waals surface area contributed by atoms with Gasteiger partial charge in [-0.1, -0.05) is 30.3 Å². The maximum absolute atomic E-state index is 13.3. The highest BCUT2D eigenvalue weighted by molar-refractivity contribution is 5.90. The molecule has 0 unspecified atom stereocenters. The highest BCUT2D eigenvalue weighted by atomic mass is 19.4. The third kappa shape index (κ3) is 3.88. The molecule has 7 heteroatoms. The summed E-state index contributed by atoms with van der Waals surface area (Å²) >= 11 is 0. The van der Waals surface area contributed by atoms with Crippen LogP contribution < -0.4 is 10.2 Å². The van der Waals surface area contributed by atoms with Crippen LogP contribution in [0.15, 0.2) is 48.5 Å². The zero-order chi connectivity index (χ0) is 19.6. The van der Waals surface area contributed by atoms with E-state index in [0.29, 0.717) is 11.8 Å². The van der Waals surface area contributed by atoms with Gasteiger partial charge in [0.05, 0.1) is 11.1 Å². The van der Waals surface area contributed by atoms with Crippen LogP contribution >= 0.6 is 0 Å². The molecule has 0 bridgehead atoms. The topological polar surface area (TPSA) is 41.1 Å². The fourth-order valence-electron chi connectivity index (χ4n) is 3.56. The van der Waals surface area contributed by atoms with Crippen molar-refractivity contribution >= 4 is 22.7 Å². The summed E-state index contributed by atoms with van der Waals surface area (Å²) < 4.78 is 39.8. The lowest BCUT2D eigenvalue weighted by molar-refractivity contribution is -0.138. The molecule has 1 saturated heterocycles. The highest BCUT2D eigenvalue weighted by Gasteiger charge is 2.32. The number of rotatable bonds is 4. The molecule has 4 nitrogen and oxygen atoms in total.